The SMILES string of the molecule is CCN(Cc1ccoc1)C1CCCC1CN. The van der Waals surface area contributed by atoms with Crippen LogP contribution in [-0.4, -0.2) is 24.0 Å². The molecule has 0 saturated heterocycles. The maximum Gasteiger partial charge on any atom is 0.0947 e. The standard InChI is InChI=1S/C13H22N2O/c1-2-15(9-11-6-7-16-10-11)13-5-3-4-12(13)8-14/h6-7,10,12-13H,2-5,8-9,14H2,1H3. The van der Waals surface area contributed by atoms with Crippen LogP contribution in [0.2, 0.25) is 0 Å². The van der Waals surface area contributed by atoms with Crippen LogP contribution < -0.4 is 5.73 Å². The van der Waals surface area contributed by atoms with Gasteiger partial charge in [-0.1, -0.05) is 13.3 Å². The fourth-order valence-corrected chi connectivity index (χ4v) is 2.85. The van der Waals surface area contributed by atoms with E-state index in [0.29, 0.717) is 12.0 Å². The molecule has 2 atom stereocenters. The summed E-state index contributed by atoms with van der Waals surface area (Å²) in [6, 6.07) is 2.72. The fourth-order valence-electron chi connectivity index (χ4n) is 2.85. The Morgan fingerprint density at radius 2 is 2.38 bits per heavy atom. The number of rotatable bonds is 5. The van der Waals surface area contributed by atoms with Gasteiger partial charge in [0.15, 0.2) is 0 Å². The number of nitrogens with zero attached hydrogens (tertiary/aromatic N) is 1. The minimum Gasteiger partial charge on any atom is -0.472 e. The average molecular weight is 222 g/mol. The van der Waals surface area contributed by atoms with Gasteiger partial charge >= 0.3 is 0 Å². The molecule has 90 valence electrons. The Balaban J connectivity index is 1.98. The van der Waals surface area contributed by atoms with Gasteiger partial charge < -0.3 is 10.2 Å². The second kappa shape index (κ2) is 5.51. The molecule has 0 amide bonds. The smallest absolute Gasteiger partial charge is 0.0947 e. The number of hydrogen-bond acceptors (Lipinski definition) is 3. The summed E-state index contributed by atoms with van der Waals surface area (Å²) >= 11 is 0. The first-order valence-corrected chi connectivity index (χ1v) is 6.30. The summed E-state index contributed by atoms with van der Waals surface area (Å²) in [4.78, 5) is 2.54. The van der Waals surface area contributed by atoms with E-state index < -0.39 is 0 Å². The van der Waals surface area contributed by atoms with Gasteiger partial charge in [-0.3, -0.25) is 4.90 Å². The maximum atomic E-state index is 5.84. The molecule has 0 bridgehead atoms. The fraction of sp³-hybridized carbons (Fsp3) is 0.692. The van der Waals surface area contributed by atoms with Gasteiger partial charge in [-0.15, -0.1) is 0 Å². The first kappa shape index (κ1) is 11.7. The van der Waals surface area contributed by atoms with E-state index in [1.165, 1.54) is 24.8 Å². The minimum atomic E-state index is 0.671. The van der Waals surface area contributed by atoms with Crippen LogP contribution in [0.5, 0.6) is 0 Å². The van der Waals surface area contributed by atoms with Gasteiger partial charge in [0.2, 0.25) is 0 Å². The Morgan fingerprint density at radius 3 is 3.00 bits per heavy atom. The number of hydrogen-bond donors (Lipinski definition) is 1. The summed E-state index contributed by atoms with van der Waals surface area (Å²) in [6.45, 7) is 5.14. The molecule has 1 fully saturated rings. The maximum absolute atomic E-state index is 5.84. The van der Waals surface area contributed by atoms with Crippen molar-refractivity contribution in [2.75, 3.05) is 13.1 Å². The van der Waals surface area contributed by atoms with Crippen LogP contribution >= 0.6 is 0 Å². The summed E-state index contributed by atoms with van der Waals surface area (Å²) in [5.74, 6) is 0.687. The van der Waals surface area contributed by atoms with Crippen LogP contribution in [-0.2, 0) is 6.54 Å². The van der Waals surface area contributed by atoms with Crippen molar-refractivity contribution in [3.05, 3.63) is 24.2 Å². The molecular weight excluding hydrogens is 200 g/mol. The number of nitrogens with two attached hydrogens (primary N) is 1. The second-order valence-electron chi connectivity index (χ2n) is 4.69. The third kappa shape index (κ3) is 2.47. The van der Waals surface area contributed by atoms with Crippen molar-refractivity contribution in [3.8, 4) is 0 Å². The van der Waals surface area contributed by atoms with Crippen molar-refractivity contribution >= 4 is 0 Å². The molecule has 0 radical (unpaired) electrons. The van der Waals surface area contributed by atoms with Crippen LogP contribution in [0.4, 0.5) is 0 Å². The molecule has 1 aromatic heterocycles. The molecule has 3 heteroatoms. The predicted octanol–water partition coefficient (Wildman–Crippen LogP) is 2.23. The van der Waals surface area contributed by atoms with Crippen molar-refractivity contribution < 1.29 is 4.42 Å². The summed E-state index contributed by atoms with van der Waals surface area (Å²) < 4.78 is 5.12. The lowest BCUT2D eigenvalue weighted by Crippen LogP contribution is -2.39. The van der Waals surface area contributed by atoms with E-state index in [1.807, 2.05) is 6.26 Å². The lowest BCUT2D eigenvalue weighted by Gasteiger charge is -2.31. The zero-order chi connectivity index (χ0) is 11.4. The van der Waals surface area contributed by atoms with Gasteiger partial charge in [-0.05, 0) is 37.9 Å². The molecule has 2 N–H and O–H groups in total. The third-order valence-electron chi connectivity index (χ3n) is 3.76. The molecule has 1 aliphatic carbocycles. The highest BCUT2D eigenvalue weighted by Gasteiger charge is 2.30. The van der Waals surface area contributed by atoms with Gasteiger partial charge in [-0.2, -0.15) is 0 Å². The normalized spacial score (nSPS) is 25.4. The van der Waals surface area contributed by atoms with Gasteiger partial charge in [-0.25, -0.2) is 0 Å². The van der Waals surface area contributed by atoms with Crippen molar-refractivity contribution in [2.45, 2.75) is 38.8 Å². The highest BCUT2D eigenvalue weighted by atomic mass is 16.3. The van der Waals surface area contributed by atoms with Crippen LogP contribution in [0.15, 0.2) is 23.0 Å². The van der Waals surface area contributed by atoms with E-state index >= 15 is 0 Å². The molecule has 1 aromatic rings. The molecule has 0 spiro atoms. The molecule has 1 heterocycles. The quantitative estimate of drug-likeness (QED) is 0.830. The Hall–Kier alpha value is -0.800. The van der Waals surface area contributed by atoms with E-state index in [9.17, 15) is 0 Å². The molecule has 16 heavy (non-hydrogen) atoms. The monoisotopic (exact) mass is 222 g/mol. The van der Waals surface area contributed by atoms with Gasteiger partial charge in [0.1, 0.15) is 0 Å². The predicted molar refractivity (Wildman–Crippen MR) is 65.0 cm³/mol. The Bertz CT molecular complexity index is 297. The summed E-state index contributed by atoms with van der Waals surface area (Å²) in [6.07, 6.45) is 7.51. The lowest BCUT2D eigenvalue weighted by molar-refractivity contribution is 0.162. The third-order valence-corrected chi connectivity index (χ3v) is 3.76. The van der Waals surface area contributed by atoms with Crippen molar-refractivity contribution in [3.63, 3.8) is 0 Å². The molecule has 2 rings (SSSR count). The van der Waals surface area contributed by atoms with E-state index in [1.54, 1.807) is 6.26 Å². The van der Waals surface area contributed by atoms with Crippen molar-refractivity contribution in [1.82, 2.24) is 4.90 Å². The highest BCUT2D eigenvalue weighted by Crippen LogP contribution is 2.30. The Kier molecular flexibility index (Phi) is 4.02. The van der Waals surface area contributed by atoms with Crippen LogP contribution in [0, 0.1) is 5.92 Å². The molecule has 1 aliphatic rings. The second-order valence-corrected chi connectivity index (χ2v) is 4.69. The van der Waals surface area contributed by atoms with E-state index in [2.05, 4.69) is 17.9 Å². The summed E-state index contributed by atoms with van der Waals surface area (Å²) in [7, 11) is 0. The molecular formula is C13H22N2O. The highest BCUT2D eigenvalue weighted by molar-refractivity contribution is 5.05. The topological polar surface area (TPSA) is 42.4 Å². The first-order chi connectivity index (χ1) is 7.85. The Labute approximate surface area is 97.6 Å². The molecule has 0 aromatic carbocycles. The average Bonchev–Trinajstić information content (AvgIpc) is 2.96. The first-order valence-electron chi connectivity index (χ1n) is 6.30. The molecule has 1 saturated carbocycles. The summed E-state index contributed by atoms with van der Waals surface area (Å²) in [5, 5.41) is 0. The van der Waals surface area contributed by atoms with Gasteiger partial charge in [0.25, 0.3) is 0 Å². The van der Waals surface area contributed by atoms with Crippen LogP contribution in [0.3, 0.4) is 0 Å². The van der Waals surface area contributed by atoms with E-state index in [-0.39, 0.29) is 0 Å². The van der Waals surface area contributed by atoms with Crippen molar-refractivity contribution in [1.29, 1.82) is 0 Å². The zero-order valence-corrected chi connectivity index (χ0v) is 10.1. The lowest BCUT2D eigenvalue weighted by atomic mass is 10.0. The van der Waals surface area contributed by atoms with Crippen molar-refractivity contribution in [2.24, 2.45) is 11.7 Å². The van der Waals surface area contributed by atoms with Gasteiger partial charge in [0, 0.05) is 18.2 Å². The van der Waals surface area contributed by atoms with E-state index in [0.717, 1.165) is 19.6 Å². The van der Waals surface area contributed by atoms with E-state index in [4.69, 9.17) is 10.2 Å². The molecule has 3 nitrogen and oxygen atoms in total. The van der Waals surface area contributed by atoms with Crippen LogP contribution in [0.25, 0.3) is 0 Å². The van der Waals surface area contributed by atoms with Gasteiger partial charge in [0.05, 0.1) is 12.5 Å². The number of furan rings is 1. The largest absolute Gasteiger partial charge is 0.472 e. The minimum absolute atomic E-state index is 0.671. The van der Waals surface area contributed by atoms with Crippen LogP contribution in [0.1, 0.15) is 31.7 Å². The molecule has 2 unspecified atom stereocenters. The summed E-state index contributed by atoms with van der Waals surface area (Å²) in [5.41, 5.74) is 7.11. The molecule has 0 aliphatic heterocycles. The zero-order valence-electron chi connectivity index (χ0n) is 10.1. The Morgan fingerprint density at radius 1 is 1.50 bits per heavy atom.